The fourth-order valence-corrected chi connectivity index (χ4v) is 3.08. The number of hydrogen-bond donors (Lipinski definition) is 0. The SMILES string of the molecule is COc1ccc(OCCCN(C2CC2)C(C)C2CC2)cc1. The summed E-state index contributed by atoms with van der Waals surface area (Å²) in [5.74, 6) is 2.78. The Kier molecular flexibility index (Phi) is 4.69. The maximum Gasteiger partial charge on any atom is 0.119 e. The van der Waals surface area contributed by atoms with Gasteiger partial charge in [0.2, 0.25) is 0 Å². The van der Waals surface area contributed by atoms with E-state index >= 15 is 0 Å². The van der Waals surface area contributed by atoms with Crippen LogP contribution >= 0.6 is 0 Å². The summed E-state index contributed by atoms with van der Waals surface area (Å²) in [6.45, 7) is 4.39. The van der Waals surface area contributed by atoms with E-state index in [0.717, 1.165) is 42.5 Å². The first kappa shape index (κ1) is 14.7. The van der Waals surface area contributed by atoms with Crippen LogP contribution in [-0.4, -0.2) is 37.2 Å². The molecule has 21 heavy (non-hydrogen) atoms. The van der Waals surface area contributed by atoms with Gasteiger partial charge in [0.05, 0.1) is 13.7 Å². The maximum absolute atomic E-state index is 5.83. The predicted octanol–water partition coefficient (Wildman–Crippen LogP) is 3.73. The highest BCUT2D eigenvalue weighted by atomic mass is 16.5. The maximum atomic E-state index is 5.83. The molecule has 2 aliphatic carbocycles. The van der Waals surface area contributed by atoms with Crippen LogP contribution in [0.15, 0.2) is 24.3 Å². The van der Waals surface area contributed by atoms with Gasteiger partial charge in [0.25, 0.3) is 0 Å². The minimum absolute atomic E-state index is 0.776. The Hall–Kier alpha value is -1.22. The van der Waals surface area contributed by atoms with Crippen molar-refractivity contribution in [3.05, 3.63) is 24.3 Å². The zero-order chi connectivity index (χ0) is 14.7. The van der Waals surface area contributed by atoms with Crippen LogP contribution in [-0.2, 0) is 0 Å². The van der Waals surface area contributed by atoms with Gasteiger partial charge in [0.1, 0.15) is 11.5 Å². The summed E-state index contributed by atoms with van der Waals surface area (Å²) in [6.07, 6.45) is 6.78. The van der Waals surface area contributed by atoms with Gasteiger partial charge >= 0.3 is 0 Å². The number of rotatable bonds is 9. The van der Waals surface area contributed by atoms with E-state index in [4.69, 9.17) is 9.47 Å². The van der Waals surface area contributed by atoms with Crippen LogP contribution in [0.1, 0.15) is 39.0 Å². The molecule has 2 saturated carbocycles. The van der Waals surface area contributed by atoms with Crippen molar-refractivity contribution >= 4 is 0 Å². The molecule has 116 valence electrons. The first-order chi connectivity index (χ1) is 10.3. The molecule has 2 aliphatic rings. The zero-order valence-electron chi connectivity index (χ0n) is 13.3. The molecular formula is C18H27NO2. The summed E-state index contributed by atoms with van der Waals surface area (Å²) in [4.78, 5) is 2.73. The molecule has 0 amide bonds. The summed E-state index contributed by atoms with van der Waals surface area (Å²) < 4.78 is 11.0. The monoisotopic (exact) mass is 289 g/mol. The van der Waals surface area contributed by atoms with E-state index in [9.17, 15) is 0 Å². The molecule has 1 atom stereocenters. The summed E-state index contributed by atoms with van der Waals surface area (Å²) >= 11 is 0. The van der Waals surface area contributed by atoms with E-state index in [-0.39, 0.29) is 0 Å². The number of methoxy groups -OCH3 is 1. The number of hydrogen-bond acceptors (Lipinski definition) is 3. The van der Waals surface area contributed by atoms with Crippen molar-refractivity contribution < 1.29 is 9.47 Å². The smallest absolute Gasteiger partial charge is 0.119 e. The Bertz CT molecular complexity index is 437. The van der Waals surface area contributed by atoms with Gasteiger partial charge < -0.3 is 9.47 Å². The molecule has 1 aromatic carbocycles. The molecule has 0 saturated heterocycles. The second kappa shape index (κ2) is 6.69. The molecule has 3 heteroatoms. The minimum atomic E-state index is 0.776. The van der Waals surface area contributed by atoms with Crippen LogP contribution in [0, 0.1) is 5.92 Å². The van der Waals surface area contributed by atoms with Crippen LogP contribution < -0.4 is 9.47 Å². The average molecular weight is 289 g/mol. The van der Waals surface area contributed by atoms with Gasteiger partial charge in [0, 0.05) is 18.6 Å². The second-order valence-corrected chi connectivity index (χ2v) is 6.42. The van der Waals surface area contributed by atoms with Crippen LogP contribution in [0.25, 0.3) is 0 Å². The fourth-order valence-electron chi connectivity index (χ4n) is 3.08. The molecule has 3 rings (SSSR count). The van der Waals surface area contributed by atoms with Crippen molar-refractivity contribution in [3.8, 4) is 11.5 Å². The molecule has 0 radical (unpaired) electrons. The molecule has 0 heterocycles. The van der Waals surface area contributed by atoms with Gasteiger partial charge in [-0.2, -0.15) is 0 Å². The molecule has 1 unspecified atom stereocenters. The van der Waals surface area contributed by atoms with Gasteiger partial charge in [-0.05, 0) is 69.2 Å². The van der Waals surface area contributed by atoms with E-state index in [2.05, 4.69) is 11.8 Å². The normalized spacial score (nSPS) is 19.6. The van der Waals surface area contributed by atoms with E-state index in [1.807, 2.05) is 24.3 Å². The van der Waals surface area contributed by atoms with E-state index < -0.39 is 0 Å². The minimum Gasteiger partial charge on any atom is -0.497 e. The van der Waals surface area contributed by atoms with Crippen molar-refractivity contribution in [2.75, 3.05) is 20.3 Å². The summed E-state index contributed by atoms with van der Waals surface area (Å²) in [5.41, 5.74) is 0. The van der Waals surface area contributed by atoms with E-state index in [1.165, 1.54) is 32.2 Å². The van der Waals surface area contributed by atoms with E-state index in [0.29, 0.717) is 0 Å². The van der Waals surface area contributed by atoms with Gasteiger partial charge in [-0.15, -0.1) is 0 Å². The van der Waals surface area contributed by atoms with Crippen LogP contribution in [0.3, 0.4) is 0 Å². The van der Waals surface area contributed by atoms with E-state index in [1.54, 1.807) is 7.11 Å². The Morgan fingerprint density at radius 1 is 1.10 bits per heavy atom. The summed E-state index contributed by atoms with van der Waals surface area (Å²) in [5, 5.41) is 0. The van der Waals surface area contributed by atoms with Gasteiger partial charge in [-0.1, -0.05) is 0 Å². The first-order valence-corrected chi connectivity index (χ1v) is 8.30. The lowest BCUT2D eigenvalue weighted by atomic mass is 10.1. The standard InChI is InChI=1S/C18H27NO2/c1-14(15-4-5-15)19(16-6-7-16)12-3-13-21-18-10-8-17(20-2)9-11-18/h8-11,14-16H,3-7,12-13H2,1-2H3. The lowest BCUT2D eigenvalue weighted by molar-refractivity contribution is 0.164. The van der Waals surface area contributed by atoms with Crippen molar-refractivity contribution in [2.45, 2.75) is 51.1 Å². The van der Waals surface area contributed by atoms with Gasteiger partial charge in [-0.3, -0.25) is 4.90 Å². The lowest BCUT2D eigenvalue weighted by Crippen LogP contribution is -2.37. The molecular weight excluding hydrogens is 262 g/mol. The molecule has 1 aromatic rings. The highest BCUT2D eigenvalue weighted by Crippen LogP contribution is 2.39. The number of benzene rings is 1. The lowest BCUT2D eigenvalue weighted by Gasteiger charge is -2.29. The third kappa shape index (κ3) is 4.13. The summed E-state index contributed by atoms with van der Waals surface area (Å²) in [6, 6.07) is 9.48. The highest BCUT2D eigenvalue weighted by molar-refractivity contribution is 5.31. The van der Waals surface area contributed by atoms with Crippen molar-refractivity contribution in [1.29, 1.82) is 0 Å². The van der Waals surface area contributed by atoms with Crippen molar-refractivity contribution in [1.82, 2.24) is 4.90 Å². The Morgan fingerprint density at radius 3 is 2.33 bits per heavy atom. The molecule has 0 bridgehead atoms. The third-order valence-corrected chi connectivity index (χ3v) is 4.73. The highest BCUT2D eigenvalue weighted by Gasteiger charge is 2.38. The zero-order valence-corrected chi connectivity index (χ0v) is 13.3. The molecule has 0 aliphatic heterocycles. The topological polar surface area (TPSA) is 21.7 Å². The fraction of sp³-hybridized carbons (Fsp3) is 0.667. The number of nitrogens with zero attached hydrogens (tertiary/aromatic N) is 1. The molecule has 0 aromatic heterocycles. The van der Waals surface area contributed by atoms with Gasteiger partial charge in [-0.25, -0.2) is 0 Å². The Labute approximate surface area is 128 Å². The Balaban J connectivity index is 1.39. The van der Waals surface area contributed by atoms with Crippen LogP contribution in [0.5, 0.6) is 11.5 Å². The Morgan fingerprint density at radius 2 is 1.76 bits per heavy atom. The molecule has 2 fully saturated rings. The van der Waals surface area contributed by atoms with Crippen LogP contribution in [0.2, 0.25) is 0 Å². The van der Waals surface area contributed by atoms with Crippen LogP contribution in [0.4, 0.5) is 0 Å². The molecule has 0 spiro atoms. The van der Waals surface area contributed by atoms with Crippen molar-refractivity contribution in [3.63, 3.8) is 0 Å². The quantitative estimate of drug-likeness (QED) is 0.647. The third-order valence-electron chi connectivity index (χ3n) is 4.73. The second-order valence-electron chi connectivity index (χ2n) is 6.42. The molecule has 0 N–H and O–H groups in total. The molecule has 3 nitrogen and oxygen atoms in total. The van der Waals surface area contributed by atoms with Gasteiger partial charge in [0.15, 0.2) is 0 Å². The largest absolute Gasteiger partial charge is 0.497 e. The summed E-state index contributed by atoms with van der Waals surface area (Å²) in [7, 11) is 1.68. The average Bonchev–Trinajstić information content (AvgIpc) is 3.40. The first-order valence-electron chi connectivity index (χ1n) is 8.30. The van der Waals surface area contributed by atoms with Crippen molar-refractivity contribution in [2.24, 2.45) is 5.92 Å². The predicted molar refractivity (Wildman–Crippen MR) is 85.0 cm³/mol. The number of ether oxygens (including phenoxy) is 2.